The van der Waals surface area contributed by atoms with Crippen molar-refractivity contribution in [2.24, 2.45) is 0 Å². The first-order valence-corrected chi connectivity index (χ1v) is 6.10. The second-order valence-electron chi connectivity index (χ2n) is 3.14. The first-order valence-electron chi connectivity index (χ1n) is 5.22. The van der Waals surface area contributed by atoms with E-state index in [1.807, 2.05) is 0 Å². The van der Waals surface area contributed by atoms with Crippen LogP contribution >= 0.6 is 11.3 Å². The fraction of sp³-hybridized carbons (Fsp3) is 0.636. The van der Waals surface area contributed by atoms with Gasteiger partial charge < -0.3 is 4.89 Å². The highest BCUT2D eigenvalue weighted by atomic mass is 32.1. The van der Waals surface area contributed by atoms with Gasteiger partial charge in [-0.25, -0.2) is 0 Å². The summed E-state index contributed by atoms with van der Waals surface area (Å²) in [6, 6.07) is 0. The van der Waals surface area contributed by atoms with Crippen molar-refractivity contribution < 1.29 is 9.78 Å². The van der Waals surface area contributed by atoms with Crippen LogP contribution in [0.1, 0.15) is 38.3 Å². The molecule has 0 unspecified atom stereocenters. The molecule has 1 aromatic heterocycles. The zero-order chi connectivity index (χ0) is 10.4. The summed E-state index contributed by atoms with van der Waals surface area (Å²) in [5, 5.41) is 3.08. The molecule has 0 aliphatic heterocycles. The fourth-order valence-corrected chi connectivity index (χ4v) is 2.38. The van der Waals surface area contributed by atoms with Crippen molar-refractivity contribution in [3.63, 3.8) is 0 Å². The SMILES string of the molecule is CCCOOc1scc(CC)c1CC. The average Bonchev–Trinajstić information content (AvgIpc) is 2.60. The van der Waals surface area contributed by atoms with E-state index in [1.54, 1.807) is 11.3 Å². The maximum Gasteiger partial charge on any atom is 0.222 e. The summed E-state index contributed by atoms with van der Waals surface area (Å²) >= 11 is 1.63. The lowest BCUT2D eigenvalue weighted by Gasteiger charge is -2.04. The summed E-state index contributed by atoms with van der Waals surface area (Å²) in [6.45, 7) is 7.03. The van der Waals surface area contributed by atoms with Gasteiger partial charge in [0.2, 0.25) is 5.06 Å². The maximum atomic E-state index is 5.27. The Morgan fingerprint density at radius 2 is 2.00 bits per heavy atom. The second kappa shape index (κ2) is 6.04. The van der Waals surface area contributed by atoms with Gasteiger partial charge in [0, 0.05) is 5.56 Å². The minimum Gasteiger partial charge on any atom is -0.326 e. The van der Waals surface area contributed by atoms with Crippen LogP contribution in [0.2, 0.25) is 0 Å². The molecule has 0 fully saturated rings. The number of thiophene rings is 1. The first kappa shape index (κ1) is 11.5. The molecule has 1 heterocycles. The summed E-state index contributed by atoms with van der Waals surface area (Å²) in [6.07, 6.45) is 3.06. The Balaban J connectivity index is 2.61. The third kappa shape index (κ3) is 2.72. The van der Waals surface area contributed by atoms with Gasteiger partial charge in [-0.15, -0.1) is 11.3 Å². The monoisotopic (exact) mass is 214 g/mol. The third-order valence-corrected chi connectivity index (χ3v) is 3.03. The van der Waals surface area contributed by atoms with Crippen LogP contribution in [-0.4, -0.2) is 6.61 Å². The Kier molecular flexibility index (Phi) is 4.98. The van der Waals surface area contributed by atoms with E-state index in [4.69, 9.17) is 9.78 Å². The first-order chi connectivity index (χ1) is 6.83. The Hall–Kier alpha value is -0.540. The molecule has 3 heteroatoms. The van der Waals surface area contributed by atoms with Crippen LogP contribution in [0.25, 0.3) is 0 Å². The second-order valence-corrected chi connectivity index (χ2v) is 3.98. The molecule has 1 aromatic rings. The van der Waals surface area contributed by atoms with Crippen molar-refractivity contribution in [3.05, 3.63) is 16.5 Å². The molecule has 0 saturated heterocycles. The Bertz CT molecular complexity index is 268. The summed E-state index contributed by atoms with van der Waals surface area (Å²) < 4.78 is 0. The standard InChI is InChI=1S/C11H18O2S/c1-4-7-12-13-11-10(6-3)9(5-2)8-14-11/h8H,4-7H2,1-3H3. The lowest BCUT2D eigenvalue weighted by atomic mass is 10.1. The fourth-order valence-electron chi connectivity index (χ4n) is 1.31. The molecule has 80 valence electrons. The van der Waals surface area contributed by atoms with Crippen LogP contribution in [0.3, 0.4) is 0 Å². The third-order valence-electron chi connectivity index (χ3n) is 2.10. The Labute approximate surface area is 89.8 Å². The zero-order valence-electron chi connectivity index (χ0n) is 9.13. The minimum atomic E-state index is 0.655. The number of hydrogen-bond donors (Lipinski definition) is 0. The van der Waals surface area contributed by atoms with Crippen LogP contribution in [0.15, 0.2) is 5.38 Å². The minimum absolute atomic E-state index is 0.655. The van der Waals surface area contributed by atoms with E-state index in [0.717, 1.165) is 24.3 Å². The molecule has 0 atom stereocenters. The molecule has 0 aliphatic rings. The quantitative estimate of drug-likeness (QED) is 0.409. The van der Waals surface area contributed by atoms with Crippen molar-refractivity contribution >= 4 is 11.3 Å². The predicted molar refractivity (Wildman–Crippen MR) is 59.9 cm³/mol. The van der Waals surface area contributed by atoms with Crippen molar-refractivity contribution in [1.82, 2.24) is 0 Å². The average molecular weight is 214 g/mol. The van der Waals surface area contributed by atoms with Gasteiger partial charge in [-0.3, -0.25) is 0 Å². The van der Waals surface area contributed by atoms with Gasteiger partial charge in [0.05, 0.1) is 6.61 Å². The van der Waals surface area contributed by atoms with Gasteiger partial charge in [0.15, 0.2) is 0 Å². The van der Waals surface area contributed by atoms with E-state index >= 15 is 0 Å². The zero-order valence-corrected chi connectivity index (χ0v) is 9.95. The van der Waals surface area contributed by atoms with Crippen LogP contribution in [0, 0.1) is 0 Å². The highest BCUT2D eigenvalue weighted by Gasteiger charge is 2.10. The van der Waals surface area contributed by atoms with Crippen molar-refractivity contribution in [1.29, 1.82) is 0 Å². The van der Waals surface area contributed by atoms with Crippen molar-refractivity contribution in [2.75, 3.05) is 6.61 Å². The van der Waals surface area contributed by atoms with Crippen LogP contribution < -0.4 is 4.89 Å². The Morgan fingerprint density at radius 1 is 1.21 bits per heavy atom. The van der Waals surface area contributed by atoms with Gasteiger partial charge >= 0.3 is 0 Å². The van der Waals surface area contributed by atoms with Gasteiger partial charge in [-0.2, -0.15) is 4.89 Å². The van der Waals surface area contributed by atoms with Crippen LogP contribution in [-0.2, 0) is 17.7 Å². The highest BCUT2D eigenvalue weighted by Crippen LogP contribution is 2.31. The van der Waals surface area contributed by atoms with E-state index in [2.05, 4.69) is 26.2 Å². The normalized spacial score (nSPS) is 10.5. The molecular formula is C11H18O2S. The van der Waals surface area contributed by atoms with Crippen molar-refractivity contribution in [2.45, 2.75) is 40.0 Å². The maximum absolute atomic E-state index is 5.27. The topological polar surface area (TPSA) is 18.5 Å². The molecular weight excluding hydrogens is 196 g/mol. The smallest absolute Gasteiger partial charge is 0.222 e. The summed E-state index contributed by atoms with van der Waals surface area (Å²) in [5.41, 5.74) is 2.68. The molecule has 0 aromatic carbocycles. The summed E-state index contributed by atoms with van der Waals surface area (Å²) in [4.78, 5) is 10.3. The van der Waals surface area contributed by atoms with E-state index in [-0.39, 0.29) is 0 Å². The van der Waals surface area contributed by atoms with Crippen LogP contribution in [0.4, 0.5) is 0 Å². The molecule has 1 rings (SSSR count). The predicted octanol–water partition coefficient (Wildman–Crippen LogP) is 3.59. The molecule has 2 nitrogen and oxygen atoms in total. The molecule has 14 heavy (non-hydrogen) atoms. The van der Waals surface area contributed by atoms with Gasteiger partial charge in [-0.05, 0) is 30.2 Å². The van der Waals surface area contributed by atoms with E-state index in [1.165, 1.54) is 11.1 Å². The molecule has 0 N–H and O–H groups in total. The molecule has 0 spiro atoms. The highest BCUT2D eigenvalue weighted by molar-refractivity contribution is 7.12. The number of aryl methyl sites for hydroxylation is 1. The van der Waals surface area contributed by atoms with Crippen molar-refractivity contribution in [3.8, 4) is 5.06 Å². The van der Waals surface area contributed by atoms with Gasteiger partial charge in [0.1, 0.15) is 0 Å². The lowest BCUT2D eigenvalue weighted by Crippen LogP contribution is -1.99. The van der Waals surface area contributed by atoms with E-state index in [9.17, 15) is 0 Å². The van der Waals surface area contributed by atoms with Gasteiger partial charge in [0.25, 0.3) is 0 Å². The summed E-state index contributed by atoms with van der Waals surface area (Å²) in [5.74, 6) is 0. The number of hydrogen-bond acceptors (Lipinski definition) is 3. The Morgan fingerprint density at radius 3 is 2.57 bits per heavy atom. The molecule has 0 aliphatic carbocycles. The molecule has 0 bridgehead atoms. The molecule has 0 radical (unpaired) electrons. The molecule has 0 saturated carbocycles. The lowest BCUT2D eigenvalue weighted by molar-refractivity contribution is -0.204. The largest absolute Gasteiger partial charge is 0.326 e. The number of rotatable bonds is 6. The van der Waals surface area contributed by atoms with Crippen LogP contribution in [0.5, 0.6) is 5.06 Å². The molecule has 0 amide bonds. The van der Waals surface area contributed by atoms with Gasteiger partial charge in [-0.1, -0.05) is 20.8 Å². The van der Waals surface area contributed by atoms with E-state index in [0.29, 0.717) is 6.61 Å². The summed E-state index contributed by atoms with van der Waals surface area (Å²) in [7, 11) is 0. The van der Waals surface area contributed by atoms with E-state index < -0.39 is 0 Å².